The quantitative estimate of drug-likeness (QED) is 0.709. The van der Waals surface area contributed by atoms with Gasteiger partial charge in [0.2, 0.25) is 0 Å². The number of rotatable bonds is 0. The van der Waals surface area contributed by atoms with Crippen LogP contribution in [0.2, 0.25) is 0 Å². The number of nitrogens with one attached hydrogen (secondary N) is 1. The Morgan fingerprint density at radius 3 is 2.44 bits per heavy atom. The van der Waals surface area contributed by atoms with E-state index in [9.17, 15) is 0 Å². The van der Waals surface area contributed by atoms with Crippen molar-refractivity contribution in [3.05, 3.63) is 0 Å². The van der Waals surface area contributed by atoms with Gasteiger partial charge in [-0.2, -0.15) is 0 Å². The highest BCUT2D eigenvalue weighted by Crippen LogP contribution is 2.37. The lowest BCUT2D eigenvalue weighted by molar-refractivity contribution is -0.0840. The number of hydrogen-bond acceptors (Lipinski definition) is 2. The lowest BCUT2D eigenvalue weighted by Crippen LogP contribution is -2.63. The molecule has 1 spiro atoms. The van der Waals surface area contributed by atoms with E-state index in [1.54, 1.807) is 0 Å². The Morgan fingerprint density at radius 1 is 0.944 bits per heavy atom. The minimum atomic E-state index is 0.340. The second-order valence-corrected chi connectivity index (χ2v) is 7.05. The third-order valence-electron chi connectivity index (χ3n) is 5.50. The van der Waals surface area contributed by atoms with Crippen LogP contribution in [-0.4, -0.2) is 24.3 Å². The van der Waals surface area contributed by atoms with E-state index in [4.69, 9.17) is 4.74 Å². The van der Waals surface area contributed by atoms with Gasteiger partial charge in [0.15, 0.2) is 0 Å². The summed E-state index contributed by atoms with van der Waals surface area (Å²) < 4.78 is 6.28. The van der Waals surface area contributed by atoms with Gasteiger partial charge in [-0.25, -0.2) is 0 Å². The van der Waals surface area contributed by atoms with Crippen molar-refractivity contribution in [3.63, 3.8) is 0 Å². The maximum absolute atomic E-state index is 6.28. The monoisotopic (exact) mass is 251 g/mol. The highest BCUT2D eigenvalue weighted by molar-refractivity contribution is 4.99. The van der Waals surface area contributed by atoms with Crippen LogP contribution in [0.15, 0.2) is 0 Å². The first-order valence-electron chi connectivity index (χ1n) is 8.17. The zero-order chi connectivity index (χ0) is 12.4. The van der Waals surface area contributed by atoms with Crippen LogP contribution in [0.4, 0.5) is 0 Å². The molecular formula is C16H29NO. The fourth-order valence-corrected chi connectivity index (χ4v) is 4.12. The van der Waals surface area contributed by atoms with Gasteiger partial charge in [-0.3, -0.25) is 0 Å². The molecule has 0 amide bonds. The van der Waals surface area contributed by atoms with E-state index in [2.05, 4.69) is 12.2 Å². The predicted molar refractivity (Wildman–Crippen MR) is 74.7 cm³/mol. The molecule has 1 saturated heterocycles. The summed E-state index contributed by atoms with van der Waals surface area (Å²) in [7, 11) is 0. The van der Waals surface area contributed by atoms with E-state index in [0.717, 1.165) is 12.5 Å². The van der Waals surface area contributed by atoms with Crippen LogP contribution < -0.4 is 5.32 Å². The maximum atomic E-state index is 6.28. The van der Waals surface area contributed by atoms with E-state index in [1.807, 2.05) is 0 Å². The van der Waals surface area contributed by atoms with Crippen molar-refractivity contribution in [2.45, 2.75) is 88.8 Å². The molecule has 2 aliphatic carbocycles. The normalized spacial score (nSPS) is 46.2. The Morgan fingerprint density at radius 2 is 1.67 bits per heavy atom. The molecule has 18 heavy (non-hydrogen) atoms. The second-order valence-electron chi connectivity index (χ2n) is 7.05. The summed E-state index contributed by atoms with van der Waals surface area (Å²) in [5, 5.41) is 4.03. The third kappa shape index (κ3) is 2.75. The Balaban J connectivity index is 1.63. The Bertz CT molecular complexity index is 270. The van der Waals surface area contributed by atoms with Gasteiger partial charge >= 0.3 is 0 Å². The van der Waals surface area contributed by atoms with Crippen LogP contribution in [0, 0.1) is 5.92 Å². The minimum Gasteiger partial charge on any atom is -0.375 e. The molecule has 2 heteroatoms. The molecule has 1 aliphatic heterocycles. The van der Waals surface area contributed by atoms with Gasteiger partial charge < -0.3 is 10.1 Å². The lowest BCUT2D eigenvalue weighted by Gasteiger charge is -2.49. The summed E-state index contributed by atoms with van der Waals surface area (Å²) in [5.41, 5.74) is 0.340. The fourth-order valence-electron chi connectivity index (χ4n) is 4.12. The summed E-state index contributed by atoms with van der Waals surface area (Å²) in [6.07, 6.45) is 14.2. The van der Waals surface area contributed by atoms with Gasteiger partial charge in [-0.15, -0.1) is 0 Å². The minimum absolute atomic E-state index is 0.340. The molecule has 2 saturated carbocycles. The van der Waals surface area contributed by atoms with Gasteiger partial charge in [0.25, 0.3) is 0 Å². The number of morpholine rings is 1. The number of ether oxygens (including phenoxy) is 1. The van der Waals surface area contributed by atoms with Crippen LogP contribution in [-0.2, 0) is 4.74 Å². The van der Waals surface area contributed by atoms with Crippen LogP contribution in [0.5, 0.6) is 0 Å². The standard InChI is InChI=1S/C16H29NO/c1-13-8-10-16(11-9-13)12-18-15-7-5-3-2-4-6-14(15)17-16/h13-15,17H,2-12H2,1H3. The van der Waals surface area contributed by atoms with E-state index in [0.29, 0.717) is 17.7 Å². The summed E-state index contributed by atoms with van der Waals surface area (Å²) in [6, 6.07) is 0.646. The summed E-state index contributed by atoms with van der Waals surface area (Å²) in [4.78, 5) is 0. The highest BCUT2D eigenvalue weighted by Gasteiger charge is 2.42. The molecule has 3 aliphatic rings. The first kappa shape index (κ1) is 12.9. The highest BCUT2D eigenvalue weighted by atomic mass is 16.5. The van der Waals surface area contributed by atoms with Crippen molar-refractivity contribution in [3.8, 4) is 0 Å². The molecule has 0 bridgehead atoms. The van der Waals surface area contributed by atoms with E-state index < -0.39 is 0 Å². The molecule has 2 nitrogen and oxygen atoms in total. The van der Waals surface area contributed by atoms with Crippen LogP contribution in [0.3, 0.4) is 0 Å². The van der Waals surface area contributed by atoms with Gasteiger partial charge in [0, 0.05) is 11.6 Å². The van der Waals surface area contributed by atoms with Crippen LogP contribution >= 0.6 is 0 Å². The number of fused-ring (bicyclic) bond motifs is 1. The van der Waals surface area contributed by atoms with Crippen molar-refractivity contribution in [1.82, 2.24) is 5.32 Å². The largest absolute Gasteiger partial charge is 0.375 e. The van der Waals surface area contributed by atoms with Gasteiger partial charge in [-0.05, 0) is 44.4 Å². The third-order valence-corrected chi connectivity index (χ3v) is 5.50. The molecule has 2 unspecified atom stereocenters. The van der Waals surface area contributed by atoms with Crippen molar-refractivity contribution >= 4 is 0 Å². The molecule has 1 N–H and O–H groups in total. The Labute approximate surface area is 112 Å². The molecular weight excluding hydrogens is 222 g/mol. The second kappa shape index (κ2) is 5.50. The molecule has 104 valence electrons. The van der Waals surface area contributed by atoms with Crippen molar-refractivity contribution in [2.24, 2.45) is 5.92 Å². The molecule has 2 atom stereocenters. The van der Waals surface area contributed by atoms with Crippen molar-refractivity contribution < 1.29 is 4.74 Å². The van der Waals surface area contributed by atoms with Gasteiger partial charge in [0.05, 0.1) is 12.7 Å². The Kier molecular flexibility index (Phi) is 3.95. The summed E-state index contributed by atoms with van der Waals surface area (Å²) in [5.74, 6) is 0.924. The fraction of sp³-hybridized carbons (Fsp3) is 1.00. The molecule has 0 aromatic heterocycles. The zero-order valence-electron chi connectivity index (χ0n) is 11.9. The maximum Gasteiger partial charge on any atom is 0.0729 e. The molecule has 1 heterocycles. The van der Waals surface area contributed by atoms with E-state index in [1.165, 1.54) is 64.2 Å². The average Bonchev–Trinajstić information content (AvgIpc) is 2.36. The first-order valence-corrected chi connectivity index (χ1v) is 8.17. The SMILES string of the molecule is CC1CCC2(CC1)COC1CCCCCCC1N2. The zero-order valence-corrected chi connectivity index (χ0v) is 11.9. The average molecular weight is 251 g/mol. The first-order chi connectivity index (χ1) is 8.77. The predicted octanol–water partition coefficient (Wildman–Crippen LogP) is 3.65. The van der Waals surface area contributed by atoms with Gasteiger partial charge in [-0.1, -0.05) is 32.6 Å². The van der Waals surface area contributed by atoms with Crippen LogP contribution in [0.25, 0.3) is 0 Å². The molecule has 0 aromatic rings. The van der Waals surface area contributed by atoms with Crippen molar-refractivity contribution in [1.29, 1.82) is 0 Å². The molecule has 3 rings (SSSR count). The van der Waals surface area contributed by atoms with E-state index >= 15 is 0 Å². The topological polar surface area (TPSA) is 21.3 Å². The van der Waals surface area contributed by atoms with Gasteiger partial charge in [0.1, 0.15) is 0 Å². The number of hydrogen-bond donors (Lipinski definition) is 1. The smallest absolute Gasteiger partial charge is 0.0729 e. The molecule has 3 fully saturated rings. The summed E-state index contributed by atoms with van der Waals surface area (Å²) >= 11 is 0. The Hall–Kier alpha value is -0.0800. The lowest BCUT2D eigenvalue weighted by atomic mass is 9.75. The molecule has 0 aromatic carbocycles. The van der Waals surface area contributed by atoms with Crippen LogP contribution in [0.1, 0.15) is 71.1 Å². The van der Waals surface area contributed by atoms with Crippen molar-refractivity contribution in [2.75, 3.05) is 6.61 Å². The van der Waals surface area contributed by atoms with E-state index in [-0.39, 0.29) is 0 Å². The molecule has 0 radical (unpaired) electrons. The summed E-state index contributed by atoms with van der Waals surface area (Å²) in [6.45, 7) is 3.37.